The van der Waals surface area contributed by atoms with Gasteiger partial charge in [0, 0.05) is 44.4 Å². The van der Waals surface area contributed by atoms with Crippen LogP contribution in [0.25, 0.3) is 0 Å². The molecule has 2 heterocycles. The Kier molecular flexibility index (Phi) is 5.62. The number of hydrogen-bond acceptors (Lipinski definition) is 3. The van der Waals surface area contributed by atoms with Gasteiger partial charge in [0.2, 0.25) is 5.91 Å². The molecule has 0 radical (unpaired) electrons. The fourth-order valence-corrected chi connectivity index (χ4v) is 3.26. The van der Waals surface area contributed by atoms with Gasteiger partial charge in [-0.3, -0.25) is 9.48 Å². The third-order valence-electron chi connectivity index (χ3n) is 5.02. The minimum atomic E-state index is 0.230. The van der Waals surface area contributed by atoms with Crippen molar-refractivity contribution in [1.82, 2.24) is 19.6 Å². The average Bonchev–Trinajstić information content (AvgIpc) is 3.09. The van der Waals surface area contributed by atoms with Gasteiger partial charge in [-0.1, -0.05) is 0 Å². The molecule has 1 saturated heterocycles. The molecule has 1 aromatic rings. The summed E-state index contributed by atoms with van der Waals surface area (Å²) in [6, 6.07) is 0.515. The SMILES string of the molecule is Cc1nn(C)c(C)c1CN(C)C(=O)CC[C@H](C)N1CCCC1. The second kappa shape index (κ2) is 7.27. The summed E-state index contributed by atoms with van der Waals surface area (Å²) < 4.78 is 1.89. The van der Waals surface area contributed by atoms with Crippen LogP contribution in [0.4, 0.5) is 0 Å². The van der Waals surface area contributed by atoms with Gasteiger partial charge in [0.05, 0.1) is 5.69 Å². The summed E-state index contributed by atoms with van der Waals surface area (Å²) in [7, 11) is 3.85. The molecule has 1 amide bonds. The third-order valence-corrected chi connectivity index (χ3v) is 5.02. The second-order valence-corrected chi connectivity index (χ2v) is 6.65. The van der Waals surface area contributed by atoms with Gasteiger partial charge in [-0.2, -0.15) is 5.10 Å². The van der Waals surface area contributed by atoms with Crippen LogP contribution >= 0.6 is 0 Å². The zero-order valence-corrected chi connectivity index (χ0v) is 14.7. The number of rotatable bonds is 6. The van der Waals surface area contributed by atoms with Gasteiger partial charge >= 0.3 is 0 Å². The van der Waals surface area contributed by atoms with Gasteiger partial charge in [-0.05, 0) is 53.1 Å². The van der Waals surface area contributed by atoms with Crippen molar-refractivity contribution in [3.05, 3.63) is 17.0 Å². The summed E-state index contributed by atoms with van der Waals surface area (Å²) in [5.74, 6) is 0.230. The molecule has 0 spiro atoms. The first-order valence-electron chi connectivity index (χ1n) is 8.37. The van der Waals surface area contributed by atoms with E-state index in [0.717, 1.165) is 17.8 Å². The molecule has 124 valence electrons. The normalized spacial score (nSPS) is 17.0. The van der Waals surface area contributed by atoms with Gasteiger partial charge in [-0.25, -0.2) is 0 Å². The second-order valence-electron chi connectivity index (χ2n) is 6.65. The Morgan fingerprint density at radius 2 is 1.95 bits per heavy atom. The first-order valence-corrected chi connectivity index (χ1v) is 8.37. The van der Waals surface area contributed by atoms with Crippen LogP contribution in [-0.2, 0) is 18.4 Å². The number of amides is 1. The molecule has 1 atom stereocenters. The summed E-state index contributed by atoms with van der Waals surface area (Å²) in [6.45, 7) is 9.36. The van der Waals surface area contributed by atoms with E-state index >= 15 is 0 Å². The summed E-state index contributed by atoms with van der Waals surface area (Å²) >= 11 is 0. The minimum Gasteiger partial charge on any atom is -0.341 e. The van der Waals surface area contributed by atoms with Crippen molar-refractivity contribution >= 4 is 5.91 Å². The highest BCUT2D eigenvalue weighted by Crippen LogP contribution is 2.17. The molecule has 1 aliphatic heterocycles. The highest BCUT2D eigenvalue weighted by molar-refractivity contribution is 5.75. The Bertz CT molecular complexity index is 517. The predicted octanol–water partition coefficient (Wildman–Crippen LogP) is 2.26. The molecule has 0 aliphatic carbocycles. The van der Waals surface area contributed by atoms with Crippen LogP contribution in [0.5, 0.6) is 0 Å². The van der Waals surface area contributed by atoms with Crippen LogP contribution in [0.15, 0.2) is 0 Å². The Balaban J connectivity index is 1.84. The van der Waals surface area contributed by atoms with Crippen molar-refractivity contribution in [2.75, 3.05) is 20.1 Å². The number of nitrogens with zero attached hydrogens (tertiary/aromatic N) is 4. The highest BCUT2D eigenvalue weighted by atomic mass is 16.2. The fraction of sp³-hybridized carbons (Fsp3) is 0.765. The van der Waals surface area contributed by atoms with E-state index in [9.17, 15) is 4.79 Å². The zero-order chi connectivity index (χ0) is 16.3. The monoisotopic (exact) mass is 306 g/mol. The van der Waals surface area contributed by atoms with Gasteiger partial charge < -0.3 is 9.80 Å². The topological polar surface area (TPSA) is 41.4 Å². The largest absolute Gasteiger partial charge is 0.341 e. The van der Waals surface area contributed by atoms with Crippen LogP contribution in [0.3, 0.4) is 0 Å². The van der Waals surface area contributed by atoms with Gasteiger partial charge in [0.25, 0.3) is 0 Å². The van der Waals surface area contributed by atoms with Crippen LogP contribution in [0, 0.1) is 13.8 Å². The third kappa shape index (κ3) is 3.88. The van der Waals surface area contributed by atoms with E-state index in [4.69, 9.17) is 0 Å². The number of carbonyl (C=O) groups excluding carboxylic acids is 1. The number of aryl methyl sites for hydroxylation is 2. The Morgan fingerprint density at radius 3 is 2.50 bits per heavy atom. The van der Waals surface area contributed by atoms with E-state index in [-0.39, 0.29) is 5.91 Å². The number of hydrogen-bond donors (Lipinski definition) is 0. The molecule has 1 aromatic heterocycles. The molecule has 0 unspecified atom stereocenters. The average molecular weight is 306 g/mol. The van der Waals surface area contributed by atoms with Crippen LogP contribution < -0.4 is 0 Å². The number of likely N-dealkylation sites (tertiary alicyclic amines) is 1. The molecule has 0 N–H and O–H groups in total. The van der Waals surface area contributed by atoms with E-state index in [2.05, 4.69) is 23.8 Å². The maximum Gasteiger partial charge on any atom is 0.222 e. The molecule has 5 heteroatoms. The predicted molar refractivity (Wildman–Crippen MR) is 88.7 cm³/mol. The Hall–Kier alpha value is -1.36. The van der Waals surface area contributed by atoms with Crippen molar-refractivity contribution in [2.45, 2.75) is 59.0 Å². The first-order chi connectivity index (χ1) is 10.4. The summed E-state index contributed by atoms with van der Waals surface area (Å²) in [4.78, 5) is 16.7. The maximum absolute atomic E-state index is 12.4. The first kappa shape index (κ1) is 17.0. The fourth-order valence-electron chi connectivity index (χ4n) is 3.26. The van der Waals surface area contributed by atoms with Gasteiger partial charge in [0.15, 0.2) is 0 Å². The lowest BCUT2D eigenvalue weighted by molar-refractivity contribution is -0.130. The molecule has 1 aliphatic rings. The molecule has 22 heavy (non-hydrogen) atoms. The Labute approximate surface area is 134 Å². The van der Waals surface area contributed by atoms with E-state index in [1.54, 1.807) is 0 Å². The molecule has 0 aromatic carbocycles. The lowest BCUT2D eigenvalue weighted by Crippen LogP contribution is -2.32. The van der Waals surface area contributed by atoms with Crippen LogP contribution in [0.2, 0.25) is 0 Å². The summed E-state index contributed by atoms with van der Waals surface area (Å²) in [5, 5.41) is 4.42. The maximum atomic E-state index is 12.4. The molecule has 1 fully saturated rings. The van der Waals surface area contributed by atoms with Crippen molar-refractivity contribution in [3.63, 3.8) is 0 Å². The molecule has 5 nitrogen and oxygen atoms in total. The lowest BCUT2D eigenvalue weighted by Gasteiger charge is -2.24. The molecule has 2 rings (SSSR count). The van der Waals surface area contributed by atoms with E-state index in [0.29, 0.717) is 19.0 Å². The zero-order valence-electron chi connectivity index (χ0n) is 14.7. The van der Waals surface area contributed by atoms with Gasteiger partial charge in [0.1, 0.15) is 0 Å². The van der Waals surface area contributed by atoms with E-state index in [1.165, 1.54) is 31.5 Å². The molecular formula is C17H30N4O. The number of carbonyl (C=O) groups is 1. The summed E-state index contributed by atoms with van der Waals surface area (Å²) in [5.41, 5.74) is 3.33. The molecular weight excluding hydrogens is 276 g/mol. The number of aromatic nitrogens is 2. The van der Waals surface area contributed by atoms with Crippen molar-refractivity contribution in [1.29, 1.82) is 0 Å². The van der Waals surface area contributed by atoms with Crippen molar-refractivity contribution in [2.24, 2.45) is 7.05 Å². The standard InChI is InChI=1S/C17H30N4O/c1-13(21-10-6-7-11-21)8-9-17(22)19(4)12-16-14(2)18-20(5)15(16)3/h13H,6-12H2,1-5H3/t13-/m0/s1. The van der Waals surface area contributed by atoms with Crippen LogP contribution in [-0.4, -0.2) is 51.7 Å². The highest BCUT2D eigenvalue weighted by Gasteiger charge is 2.20. The van der Waals surface area contributed by atoms with Crippen LogP contribution in [0.1, 0.15) is 49.6 Å². The van der Waals surface area contributed by atoms with Gasteiger partial charge in [-0.15, -0.1) is 0 Å². The van der Waals surface area contributed by atoms with E-state index in [1.807, 2.05) is 30.6 Å². The lowest BCUT2D eigenvalue weighted by atomic mass is 10.1. The summed E-state index contributed by atoms with van der Waals surface area (Å²) in [6.07, 6.45) is 4.19. The quantitative estimate of drug-likeness (QED) is 0.809. The molecule has 0 bridgehead atoms. The van der Waals surface area contributed by atoms with Crippen molar-refractivity contribution < 1.29 is 4.79 Å². The Morgan fingerprint density at radius 1 is 1.32 bits per heavy atom. The molecule has 0 saturated carbocycles. The van der Waals surface area contributed by atoms with Crippen molar-refractivity contribution in [3.8, 4) is 0 Å². The smallest absolute Gasteiger partial charge is 0.222 e. The minimum absolute atomic E-state index is 0.230. The van der Waals surface area contributed by atoms with E-state index < -0.39 is 0 Å².